The molecule has 120 valence electrons. The third-order valence-corrected chi connectivity index (χ3v) is 4.46. The van der Waals surface area contributed by atoms with Crippen molar-refractivity contribution in [1.29, 1.82) is 0 Å². The van der Waals surface area contributed by atoms with Crippen LogP contribution in [0.3, 0.4) is 0 Å². The number of benzene rings is 1. The number of nitrogens with one attached hydrogen (secondary N) is 2. The van der Waals surface area contributed by atoms with Gasteiger partial charge >= 0.3 is 12.2 Å². The van der Waals surface area contributed by atoms with Gasteiger partial charge in [-0.1, -0.05) is 0 Å². The molecule has 0 atom stereocenters. The molecule has 2 aliphatic carbocycles. The molecule has 0 radical (unpaired) electrons. The summed E-state index contributed by atoms with van der Waals surface area (Å²) < 4.78 is 51.3. The lowest BCUT2D eigenvalue weighted by atomic mass is 9.77. The van der Waals surface area contributed by atoms with Crippen molar-refractivity contribution < 1.29 is 22.4 Å². The highest BCUT2D eigenvalue weighted by molar-refractivity contribution is 5.74. The minimum absolute atomic E-state index is 0.119. The lowest BCUT2D eigenvalue weighted by Crippen LogP contribution is -2.48. The summed E-state index contributed by atoms with van der Waals surface area (Å²) in [5, 5.41) is 5.16. The van der Waals surface area contributed by atoms with Crippen molar-refractivity contribution in [2.45, 2.75) is 44.4 Å². The topological polar surface area (TPSA) is 41.1 Å². The van der Waals surface area contributed by atoms with Crippen molar-refractivity contribution in [3.63, 3.8) is 0 Å². The molecule has 0 aliphatic heterocycles. The largest absolute Gasteiger partial charge is 0.416 e. The number of hydrogen-bond acceptors (Lipinski definition) is 1. The lowest BCUT2D eigenvalue weighted by Gasteiger charge is -2.36. The summed E-state index contributed by atoms with van der Waals surface area (Å²) in [5.74, 6) is -0.770. The van der Waals surface area contributed by atoms with Gasteiger partial charge in [0.25, 0.3) is 0 Å². The molecule has 1 aromatic carbocycles. The average Bonchev–Trinajstić information content (AvgIpc) is 3.16. The molecule has 2 saturated carbocycles. The Hall–Kier alpha value is -1.79. The number of rotatable bonds is 3. The van der Waals surface area contributed by atoms with Crippen molar-refractivity contribution in [3.8, 4) is 0 Å². The highest BCUT2D eigenvalue weighted by Gasteiger charge is 2.53. The highest BCUT2D eigenvalue weighted by Crippen LogP contribution is 2.60. The van der Waals surface area contributed by atoms with Crippen LogP contribution >= 0.6 is 0 Å². The predicted octanol–water partition coefficient (Wildman–Crippen LogP) is 3.59. The van der Waals surface area contributed by atoms with Crippen molar-refractivity contribution in [3.05, 3.63) is 35.1 Å². The summed E-state index contributed by atoms with van der Waals surface area (Å²) in [6, 6.07) is 1.81. The molecule has 1 spiro atoms. The number of alkyl halides is 3. The third-order valence-electron chi connectivity index (χ3n) is 4.46. The maximum Gasteiger partial charge on any atom is 0.416 e. The van der Waals surface area contributed by atoms with Gasteiger partial charge in [-0.25, -0.2) is 9.18 Å². The summed E-state index contributed by atoms with van der Waals surface area (Å²) in [6.07, 6.45) is -0.198. The zero-order valence-corrected chi connectivity index (χ0v) is 11.8. The van der Waals surface area contributed by atoms with E-state index in [1.165, 1.54) is 12.8 Å². The van der Waals surface area contributed by atoms with Crippen LogP contribution in [-0.2, 0) is 12.7 Å². The fraction of sp³-hybridized carbons (Fsp3) is 0.533. The van der Waals surface area contributed by atoms with E-state index in [0.29, 0.717) is 11.5 Å². The zero-order valence-electron chi connectivity index (χ0n) is 11.8. The predicted molar refractivity (Wildman–Crippen MR) is 71.5 cm³/mol. The zero-order chi connectivity index (χ0) is 16.0. The van der Waals surface area contributed by atoms with E-state index >= 15 is 0 Å². The molecule has 2 aliphatic rings. The molecule has 0 bridgehead atoms. The van der Waals surface area contributed by atoms with Crippen molar-refractivity contribution in [2.75, 3.05) is 0 Å². The van der Waals surface area contributed by atoms with E-state index in [0.717, 1.165) is 25.0 Å². The van der Waals surface area contributed by atoms with E-state index in [4.69, 9.17) is 0 Å². The van der Waals surface area contributed by atoms with Crippen molar-refractivity contribution >= 4 is 6.03 Å². The van der Waals surface area contributed by atoms with Crippen LogP contribution in [0.25, 0.3) is 0 Å². The first kappa shape index (κ1) is 15.1. The van der Waals surface area contributed by atoms with Crippen LogP contribution in [0.4, 0.5) is 22.4 Å². The summed E-state index contributed by atoms with van der Waals surface area (Å²) in [5.41, 5.74) is -0.663. The molecule has 0 heterocycles. The minimum atomic E-state index is -4.53. The Morgan fingerprint density at radius 1 is 1.27 bits per heavy atom. The van der Waals surface area contributed by atoms with Crippen LogP contribution in [-0.4, -0.2) is 12.1 Å². The van der Waals surface area contributed by atoms with Crippen LogP contribution < -0.4 is 10.6 Å². The summed E-state index contributed by atoms with van der Waals surface area (Å²) in [4.78, 5) is 11.7. The van der Waals surface area contributed by atoms with Gasteiger partial charge in [-0.15, -0.1) is 0 Å². The summed E-state index contributed by atoms with van der Waals surface area (Å²) >= 11 is 0. The van der Waals surface area contributed by atoms with E-state index in [1.54, 1.807) is 0 Å². The van der Waals surface area contributed by atoms with Crippen LogP contribution in [0.5, 0.6) is 0 Å². The number of carbonyl (C=O) groups is 1. The molecule has 22 heavy (non-hydrogen) atoms. The first-order valence-corrected chi connectivity index (χ1v) is 7.17. The maximum absolute atomic E-state index is 13.5. The smallest absolute Gasteiger partial charge is 0.335 e. The van der Waals surface area contributed by atoms with Gasteiger partial charge in [0.15, 0.2) is 0 Å². The summed E-state index contributed by atoms with van der Waals surface area (Å²) in [6.45, 7) is -0.278. The van der Waals surface area contributed by atoms with Crippen LogP contribution in [0.1, 0.15) is 36.8 Å². The molecular weight excluding hydrogens is 300 g/mol. The second-order valence-electron chi connectivity index (χ2n) is 6.24. The van der Waals surface area contributed by atoms with Gasteiger partial charge in [-0.05, 0) is 49.3 Å². The number of urea groups is 1. The molecule has 2 N–H and O–H groups in total. The molecule has 7 heteroatoms. The quantitative estimate of drug-likeness (QED) is 0.822. The van der Waals surface area contributed by atoms with Crippen LogP contribution in [0.15, 0.2) is 18.2 Å². The maximum atomic E-state index is 13.5. The molecule has 2 fully saturated rings. The Labute approximate surface area is 125 Å². The number of amides is 2. The standard InChI is InChI=1S/C15H16F4N2O/c16-12-2-1-10(15(17,18)19)5-9(12)8-20-13(22)21-11-6-14(7-11)3-4-14/h1-2,5,11H,3-4,6-8H2,(H2,20,21,22). The van der Waals surface area contributed by atoms with E-state index < -0.39 is 23.6 Å². The Balaban J connectivity index is 1.53. The van der Waals surface area contributed by atoms with Gasteiger partial charge in [0.2, 0.25) is 0 Å². The number of hydrogen-bond donors (Lipinski definition) is 2. The third kappa shape index (κ3) is 3.18. The second-order valence-corrected chi connectivity index (χ2v) is 6.24. The average molecular weight is 316 g/mol. The number of carbonyl (C=O) groups excluding carboxylic acids is 1. The molecule has 1 aromatic rings. The van der Waals surface area contributed by atoms with Gasteiger partial charge < -0.3 is 10.6 Å². The Morgan fingerprint density at radius 3 is 2.55 bits per heavy atom. The Morgan fingerprint density at radius 2 is 1.95 bits per heavy atom. The van der Waals surface area contributed by atoms with Gasteiger partial charge in [0.05, 0.1) is 5.56 Å². The molecule has 0 unspecified atom stereocenters. The van der Waals surface area contributed by atoms with Crippen LogP contribution in [0, 0.1) is 11.2 Å². The first-order valence-electron chi connectivity index (χ1n) is 7.17. The van der Waals surface area contributed by atoms with E-state index in [-0.39, 0.29) is 18.2 Å². The molecule has 2 amide bonds. The van der Waals surface area contributed by atoms with Crippen molar-refractivity contribution in [1.82, 2.24) is 10.6 Å². The Bertz CT molecular complexity index is 588. The molecule has 3 nitrogen and oxygen atoms in total. The molecule has 3 rings (SSSR count). The lowest BCUT2D eigenvalue weighted by molar-refractivity contribution is -0.137. The number of halogens is 4. The fourth-order valence-electron chi connectivity index (χ4n) is 2.97. The molecule has 0 aromatic heterocycles. The van der Waals surface area contributed by atoms with E-state index in [1.807, 2.05) is 0 Å². The SMILES string of the molecule is O=C(NCc1cc(C(F)(F)F)ccc1F)NC1CC2(CC2)C1. The van der Waals surface area contributed by atoms with E-state index in [9.17, 15) is 22.4 Å². The van der Waals surface area contributed by atoms with Crippen molar-refractivity contribution in [2.24, 2.45) is 5.41 Å². The second kappa shape index (κ2) is 5.14. The minimum Gasteiger partial charge on any atom is -0.335 e. The van der Waals surface area contributed by atoms with E-state index in [2.05, 4.69) is 10.6 Å². The normalized spacial score (nSPS) is 19.6. The Kier molecular flexibility index (Phi) is 3.53. The molecular formula is C15H16F4N2O. The first-order chi connectivity index (χ1) is 10.3. The van der Waals surface area contributed by atoms with Gasteiger partial charge in [-0.3, -0.25) is 0 Å². The van der Waals surface area contributed by atoms with Gasteiger partial charge in [0, 0.05) is 18.2 Å². The summed E-state index contributed by atoms with van der Waals surface area (Å²) in [7, 11) is 0. The monoisotopic (exact) mass is 316 g/mol. The van der Waals surface area contributed by atoms with Crippen LogP contribution in [0.2, 0.25) is 0 Å². The molecule has 0 saturated heterocycles. The highest BCUT2D eigenvalue weighted by atomic mass is 19.4. The fourth-order valence-corrected chi connectivity index (χ4v) is 2.97. The van der Waals surface area contributed by atoms with Gasteiger partial charge in [-0.2, -0.15) is 13.2 Å². The van der Waals surface area contributed by atoms with Gasteiger partial charge in [0.1, 0.15) is 5.82 Å².